The molecule has 2 amide bonds. The molecule has 6 nitrogen and oxygen atoms in total. The summed E-state index contributed by atoms with van der Waals surface area (Å²) in [5.41, 5.74) is 1.05. The van der Waals surface area contributed by atoms with Gasteiger partial charge in [-0.3, -0.25) is 9.59 Å². The normalized spacial score (nSPS) is 17.2. The number of carbonyl (C=O) groups is 2. The highest BCUT2D eigenvalue weighted by Crippen LogP contribution is 2.18. The summed E-state index contributed by atoms with van der Waals surface area (Å²) in [4.78, 5) is 27.5. The van der Waals surface area contributed by atoms with E-state index in [1.54, 1.807) is 0 Å². The van der Waals surface area contributed by atoms with Gasteiger partial charge in [0.05, 0.1) is 0 Å². The lowest BCUT2D eigenvalue weighted by atomic mass is 10.2. The van der Waals surface area contributed by atoms with E-state index in [9.17, 15) is 9.59 Å². The molecule has 2 heterocycles. The number of hydrogen-bond acceptors (Lipinski definition) is 4. The van der Waals surface area contributed by atoms with Crippen molar-refractivity contribution in [1.29, 1.82) is 0 Å². The lowest BCUT2D eigenvalue weighted by molar-refractivity contribution is -0.132. The first kappa shape index (κ1) is 18.7. The van der Waals surface area contributed by atoms with E-state index in [1.807, 2.05) is 34.1 Å². The van der Waals surface area contributed by atoms with Gasteiger partial charge in [-0.15, -0.1) is 0 Å². The van der Waals surface area contributed by atoms with Crippen LogP contribution in [0.15, 0.2) is 24.3 Å². The van der Waals surface area contributed by atoms with Crippen molar-refractivity contribution in [3.8, 4) is 5.75 Å². The smallest absolute Gasteiger partial charge is 0.260 e. The highest BCUT2D eigenvalue weighted by Gasteiger charge is 2.19. The third-order valence-corrected chi connectivity index (χ3v) is 5.05. The molecule has 1 aromatic carbocycles. The van der Waals surface area contributed by atoms with Crippen molar-refractivity contribution in [2.24, 2.45) is 0 Å². The lowest BCUT2D eigenvalue weighted by Gasteiger charge is -2.17. The molecule has 0 bridgehead atoms. The van der Waals surface area contributed by atoms with Gasteiger partial charge in [0.2, 0.25) is 5.91 Å². The third-order valence-electron chi connectivity index (χ3n) is 5.05. The minimum atomic E-state index is 0.0699. The second kappa shape index (κ2) is 9.57. The summed E-state index contributed by atoms with van der Waals surface area (Å²) in [6.45, 7) is 5.09. The number of benzene rings is 1. The molecule has 3 rings (SSSR count). The summed E-state index contributed by atoms with van der Waals surface area (Å²) in [6, 6.07) is 7.84. The van der Waals surface area contributed by atoms with E-state index in [4.69, 9.17) is 4.74 Å². The molecule has 1 aromatic rings. The molecule has 0 aliphatic carbocycles. The number of ether oxygens (including phenoxy) is 1. The number of hydrogen-bond donors (Lipinski definition) is 1. The molecule has 6 heteroatoms. The molecule has 2 aliphatic heterocycles. The zero-order chi connectivity index (χ0) is 18.2. The van der Waals surface area contributed by atoms with Crippen LogP contribution >= 0.6 is 0 Å². The zero-order valence-electron chi connectivity index (χ0n) is 15.4. The molecule has 1 N–H and O–H groups in total. The van der Waals surface area contributed by atoms with Crippen LogP contribution < -0.4 is 10.1 Å². The SMILES string of the molecule is O=C1CCCN1CCCNCc1ccccc1OCC(=O)N1CCCC1. The summed E-state index contributed by atoms with van der Waals surface area (Å²) in [6.07, 6.45) is 4.83. The van der Waals surface area contributed by atoms with Gasteiger partial charge in [0, 0.05) is 44.7 Å². The van der Waals surface area contributed by atoms with Gasteiger partial charge < -0.3 is 19.9 Å². The van der Waals surface area contributed by atoms with Crippen molar-refractivity contribution >= 4 is 11.8 Å². The van der Waals surface area contributed by atoms with Crippen LogP contribution in [0.3, 0.4) is 0 Å². The van der Waals surface area contributed by atoms with E-state index >= 15 is 0 Å². The maximum atomic E-state index is 12.1. The molecule has 0 spiro atoms. The number of rotatable bonds is 9. The molecule has 0 atom stereocenters. The van der Waals surface area contributed by atoms with Gasteiger partial charge in [-0.25, -0.2) is 0 Å². The first-order valence-corrected chi connectivity index (χ1v) is 9.71. The Balaban J connectivity index is 1.39. The highest BCUT2D eigenvalue weighted by atomic mass is 16.5. The lowest BCUT2D eigenvalue weighted by Crippen LogP contribution is -2.32. The fourth-order valence-electron chi connectivity index (χ4n) is 3.55. The summed E-state index contributed by atoms with van der Waals surface area (Å²) in [7, 11) is 0. The monoisotopic (exact) mass is 359 g/mol. The third kappa shape index (κ3) is 5.21. The Labute approximate surface area is 155 Å². The number of para-hydroxylation sites is 1. The van der Waals surface area contributed by atoms with E-state index < -0.39 is 0 Å². The van der Waals surface area contributed by atoms with Crippen molar-refractivity contribution in [3.63, 3.8) is 0 Å². The second-order valence-electron chi connectivity index (χ2n) is 7.00. The quantitative estimate of drug-likeness (QED) is 0.683. The first-order chi connectivity index (χ1) is 12.7. The largest absolute Gasteiger partial charge is 0.483 e. The molecule has 0 saturated carbocycles. The van der Waals surface area contributed by atoms with Crippen LogP contribution in [0.1, 0.15) is 37.7 Å². The van der Waals surface area contributed by atoms with Crippen LogP contribution in [-0.2, 0) is 16.1 Å². The van der Waals surface area contributed by atoms with Crippen LogP contribution in [-0.4, -0.2) is 60.9 Å². The van der Waals surface area contributed by atoms with Crippen LogP contribution in [0.4, 0.5) is 0 Å². The first-order valence-electron chi connectivity index (χ1n) is 9.71. The summed E-state index contributed by atoms with van der Waals surface area (Å²) in [5, 5.41) is 3.41. The molecule has 2 aliphatic rings. The number of likely N-dealkylation sites (tertiary alicyclic amines) is 2. The minimum Gasteiger partial charge on any atom is -0.483 e. The zero-order valence-corrected chi connectivity index (χ0v) is 15.4. The molecule has 142 valence electrons. The van der Waals surface area contributed by atoms with Crippen molar-refractivity contribution in [2.45, 2.75) is 38.6 Å². The van der Waals surface area contributed by atoms with Crippen molar-refractivity contribution in [3.05, 3.63) is 29.8 Å². The molecule has 0 radical (unpaired) electrons. The van der Waals surface area contributed by atoms with Crippen LogP contribution in [0.2, 0.25) is 0 Å². The van der Waals surface area contributed by atoms with E-state index in [0.29, 0.717) is 13.0 Å². The van der Waals surface area contributed by atoms with E-state index in [2.05, 4.69) is 5.32 Å². The predicted molar refractivity (Wildman–Crippen MR) is 99.9 cm³/mol. The van der Waals surface area contributed by atoms with Gasteiger partial charge >= 0.3 is 0 Å². The Bertz CT molecular complexity index is 614. The number of carbonyl (C=O) groups excluding carboxylic acids is 2. The van der Waals surface area contributed by atoms with E-state index in [0.717, 1.165) is 69.7 Å². The van der Waals surface area contributed by atoms with Gasteiger partial charge in [-0.1, -0.05) is 18.2 Å². The summed E-state index contributed by atoms with van der Waals surface area (Å²) in [5.74, 6) is 1.12. The Morgan fingerprint density at radius 1 is 1.12 bits per heavy atom. The van der Waals surface area contributed by atoms with Gasteiger partial charge in [-0.05, 0) is 38.3 Å². The van der Waals surface area contributed by atoms with Gasteiger partial charge in [0.15, 0.2) is 6.61 Å². The molecular formula is C20H29N3O3. The molecular weight excluding hydrogens is 330 g/mol. The molecule has 0 unspecified atom stereocenters. The van der Waals surface area contributed by atoms with Crippen molar-refractivity contribution in [2.75, 3.05) is 39.3 Å². The summed E-state index contributed by atoms with van der Waals surface area (Å²) < 4.78 is 5.78. The standard InChI is InChI=1S/C20H29N3O3/c24-19-9-5-13-22(19)14-6-10-21-15-17-7-1-2-8-18(17)26-16-20(25)23-11-3-4-12-23/h1-2,7-8,21H,3-6,9-16H2. The molecule has 26 heavy (non-hydrogen) atoms. The van der Waals surface area contributed by atoms with Crippen molar-refractivity contribution in [1.82, 2.24) is 15.1 Å². The number of amides is 2. The Hall–Kier alpha value is -2.08. The fourth-order valence-corrected chi connectivity index (χ4v) is 3.55. The Kier molecular flexibility index (Phi) is 6.89. The predicted octanol–water partition coefficient (Wildman–Crippen LogP) is 1.79. The maximum absolute atomic E-state index is 12.1. The Morgan fingerprint density at radius 3 is 2.69 bits per heavy atom. The maximum Gasteiger partial charge on any atom is 0.260 e. The van der Waals surface area contributed by atoms with Crippen LogP contribution in [0.25, 0.3) is 0 Å². The minimum absolute atomic E-state index is 0.0699. The average molecular weight is 359 g/mol. The number of nitrogens with zero attached hydrogens (tertiary/aromatic N) is 2. The molecule has 2 saturated heterocycles. The summed E-state index contributed by atoms with van der Waals surface area (Å²) >= 11 is 0. The van der Waals surface area contributed by atoms with Gasteiger partial charge in [0.1, 0.15) is 5.75 Å². The Morgan fingerprint density at radius 2 is 1.92 bits per heavy atom. The van der Waals surface area contributed by atoms with Crippen LogP contribution in [0.5, 0.6) is 5.75 Å². The fraction of sp³-hybridized carbons (Fsp3) is 0.600. The molecule has 0 aromatic heterocycles. The number of nitrogens with one attached hydrogen (secondary N) is 1. The van der Waals surface area contributed by atoms with Crippen molar-refractivity contribution < 1.29 is 14.3 Å². The van der Waals surface area contributed by atoms with E-state index in [-0.39, 0.29) is 18.4 Å². The van der Waals surface area contributed by atoms with E-state index in [1.165, 1.54) is 0 Å². The van der Waals surface area contributed by atoms with Crippen LogP contribution in [0, 0.1) is 0 Å². The van der Waals surface area contributed by atoms with Gasteiger partial charge in [-0.2, -0.15) is 0 Å². The molecule has 2 fully saturated rings. The second-order valence-corrected chi connectivity index (χ2v) is 7.00. The average Bonchev–Trinajstić information content (AvgIpc) is 3.32. The topological polar surface area (TPSA) is 61.9 Å². The highest BCUT2D eigenvalue weighted by molar-refractivity contribution is 5.78. The van der Waals surface area contributed by atoms with Gasteiger partial charge in [0.25, 0.3) is 5.91 Å².